The minimum Gasteiger partial charge on any atom is -0.482 e. The molecule has 30 heavy (non-hydrogen) atoms. The van der Waals surface area contributed by atoms with E-state index in [9.17, 15) is 9.59 Å². The van der Waals surface area contributed by atoms with Crippen molar-refractivity contribution in [1.82, 2.24) is 10.2 Å². The molecule has 0 fully saturated rings. The Morgan fingerprint density at radius 1 is 1.03 bits per heavy atom. The summed E-state index contributed by atoms with van der Waals surface area (Å²) in [5.41, 5.74) is 0.809. The molecule has 0 aromatic heterocycles. The minimum atomic E-state index is -0.695. The Balaban J connectivity index is 2.15. The van der Waals surface area contributed by atoms with Crippen molar-refractivity contribution in [2.24, 2.45) is 5.92 Å². The molecule has 1 N–H and O–H groups in total. The van der Waals surface area contributed by atoms with Crippen molar-refractivity contribution >= 4 is 46.6 Å². The van der Waals surface area contributed by atoms with Crippen molar-refractivity contribution in [3.8, 4) is 5.75 Å². The summed E-state index contributed by atoms with van der Waals surface area (Å²) in [6.07, 6.45) is 0. The Morgan fingerprint density at radius 3 is 2.37 bits per heavy atom. The summed E-state index contributed by atoms with van der Waals surface area (Å²) in [6, 6.07) is 11.2. The third-order valence-corrected chi connectivity index (χ3v) is 5.10. The average molecular weight is 472 g/mol. The Hall–Kier alpha value is -1.95. The molecule has 0 saturated carbocycles. The van der Waals surface area contributed by atoms with E-state index in [1.54, 1.807) is 37.3 Å². The predicted molar refractivity (Wildman–Crippen MR) is 121 cm³/mol. The molecule has 0 saturated heterocycles. The zero-order valence-electron chi connectivity index (χ0n) is 17.1. The lowest BCUT2D eigenvalue weighted by molar-refractivity contribution is -0.142. The number of hydrogen-bond acceptors (Lipinski definition) is 3. The number of benzene rings is 2. The fourth-order valence-electron chi connectivity index (χ4n) is 2.68. The summed E-state index contributed by atoms with van der Waals surface area (Å²) in [5.74, 6) is 0.0550. The Morgan fingerprint density at radius 2 is 1.73 bits per heavy atom. The Kier molecular flexibility index (Phi) is 9.28. The van der Waals surface area contributed by atoms with Crippen molar-refractivity contribution in [2.45, 2.75) is 33.4 Å². The summed E-state index contributed by atoms with van der Waals surface area (Å²) >= 11 is 18.1. The van der Waals surface area contributed by atoms with Gasteiger partial charge in [0.2, 0.25) is 5.91 Å². The lowest BCUT2D eigenvalue weighted by Crippen LogP contribution is -2.49. The van der Waals surface area contributed by atoms with Crippen LogP contribution in [0.2, 0.25) is 15.1 Å². The number of amides is 2. The second kappa shape index (κ2) is 11.4. The molecule has 1 atom stereocenters. The van der Waals surface area contributed by atoms with E-state index in [2.05, 4.69) is 5.32 Å². The van der Waals surface area contributed by atoms with Crippen LogP contribution < -0.4 is 10.1 Å². The van der Waals surface area contributed by atoms with Crippen LogP contribution >= 0.6 is 34.8 Å². The Labute approximate surface area is 192 Å². The van der Waals surface area contributed by atoms with Crippen molar-refractivity contribution in [3.63, 3.8) is 0 Å². The van der Waals surface area contributed by atoms with Crippen LogP contribution in [0, 0.1) is 5.92 Å². The van der Waals surface area contributed by atoms with Gasteiger partial charge in [0.1, 0.15) is 11.8 Å². The van der Waals surface area contributed by atoms with Crippen molar-refractivity contribution in [1.29, 1.82) is 0 Å². The molecular weight excluding hydrogens is 447 g/mol. The maximum Gasteiger partial charge on any atom is 0.261 e. The van der Waals surface area contributed by atoms with Crippen LogP contribution in [0.3, 0.4) is 0 Å². The van der Waals surface area contributed by atoms with E-state index in [1.807, 2.05) is 19.9 Å². The molecule has 0 bridgehead atoms. The maximum atomic E-state index is 13.0. The molecule has 5 nitrogen and oxygen atoms in total. The van der Waals surface area contributed by atoms with Crippen molar-refractivity contribution < 1.29 is 14.3 Å². The van der Waals surface area contributed by atoms with Crippen LogP contribution in [0.5, 0.6) is 5.75 Å². The molecule has 0 aliphatic rings. The molecule has 8 heteroatoms. The van der Waals surface area contributed by atoms with Gasteiger partial charge >= 0.3 is 0 Å². The number of carbonyl (C=O) groups excluding carboxylic acids is 2. The highest BCUT2D eigenvalue weighted by Crippen LogP contribution is 2.27. The van der Waals surface area contributed by atoms with Crippen molar-refractivity contribution in [2.75, 3.05) is 13.2 Å². The summed E-state index contributed by atoms with van der Waals surface area (Å²) in [6.45, 7) is 6.16. The number of ether oxygens (including phenoxy) is 1. The first kappa shape index (κ1) is 24.3. The van der Waals surface area contributed by atoms with Crippen LogP contribution in [-0.4, -0.2) is 35.9 Å². The highest BCUT2D eigenvalue weighted by molar-refractivity contribution is 6.35. The van der Waals surface area contributed by atoms with E-state index in [-0.39, 0.29) is 25.0 Å². The number of rotatable bonds is 9. The molecule has 2 amide bonds. The van der Waals surface area contributed by atoms with Gasteiger partial charge < -0.3 is 15.0 Å². The van der Waals surface area contributed by atoms with Gasteiger partial charge in [-0.2, -0.15) is 0 Å². The summed E-state index contributed by atoms with van der Waals surface area (Å²) in [7, 11) is 0. The highest BCUT2D eigenvalue weighted by Gasteiger charge is 2.26. The van der Waals surface area contributed by atoms with Crippen molar-refractivity contribution in [3.05, 3.63) is 63.1 Å². The van der Waals surface area contributed by atoms with Gasteiger partial charge in [-0.25, -0.2) is 0 Å². The number of nitrogens with zero attached hydrogens (tertiary/aromatic N) is 1. The van der Waals surface area contributed by atoms with E-state index in [0.29, 0.717) is 33.3 Å². The number of hydrogen-bond donors (Lipinski definition) is 1. The molecule has 0 spiro atoms. The highest BCUT2D eigenvalue weighted by atomic mass is 35.5. The predicted octanol–water partition coefficient (Wildman–Crippen LogP) is 5.22. The van der Waals surface area contributed by atoms with Gasteiger partial charge in [0.05, 0.1) is 5.02 Å². The van der Waals surface area contributed by atoms with E-state index >= 15 is 0 Å². The van der Waals surface area contributed by atoms with Gasteiger partial charge in [-0.1, -0.05) is 60.8 Å². The summed E-state index contributed by atoms with van der Waals surface area (Å²) in [4.78, 5) is 27.1. The zero-order chi connectivity index (χ0) is 22.3. The number of carbonyl (C=O) groups is 2. The first-order valence-electron chi connectivity index (χ1n) is 9.57. The fourth-order valence-corrected chi connectivity index (χ4v) is 3.36. The molecule has 2 aromatic rings. The van der Waals surface area contributed by atoms with Gasteiger partial charge in [-0.05, 0) is 48.7 Å². The molecule has 2 rings (SSSR count). The first-order chi connectivity index (χ1) is 14.2. The monoisotopic (exact) mass is 470 g/mol. The topological polar surface area (TPSA) is 58.6 Å². The molecular formula is C22H25Cl3N2O3. The fraction of sp³-hybridized carbons (Fsp3) is 0.364. The summed E-state index contributed by atoms with van der Waals surface area (Å²) in [5, 5.41) is 4.20. The molecule has 0 aliphatic carbocycles. The lowest BCUT2D eigenvalue weighted by atomic mass is 10.1. The van der Waals surface area contributed by atoms with Crippen LogP contribution in [0.4, 0.5) is 0 Å². The van der Waals surface area contributed by atoms with Crippen LogP contribution in [0.25, 0.3) is 0 Å². The lowest BCUT2D eigenvalue weighted by Gasteiger charge is -2.29. The van der Waals surface area contributed by atoms with E-state index in [0.717, 1.165) is 5.56 Å². The summed E-state index contributed by atoms with van der Waals surface area (Å²) < 4.78 is 5.58. The Bertz CT molecular complexity index is 890. The minimum absolute atomic E-state index is 0.216. The molecule has 1 unspecified atom stereocenters. The number of halogens is 3. The smallest absolute Gasteiger partial charge is 0.261 e. The second-order valence-corrected chi connectivity index (χ2v) is 8.61. The van der Waals surface area contributed by atoms with E-state index < -0.39 is 6.04 Å². The van der Waals surface area contributed by atoms with Gasteiger partial charge in [-0.15, -0.1) is 0 Å². The SMILES string of the molecule is CC(C)CNC(=O)C(C)N(Cc1cccc(Cl)c1)C(=O)COc1ccc(Cl)cc1Cl. The maximum absolute atomic E-state index is 13.0. The third-order valence-electron chi connectivity index (χ3n) is 4.34. The average Bonchev–Trinajstić information content (AvgIpc) is 2.68. The van der Waals surface area contributed by atoms with Gasteiger partial charge in [0.15, 0.2) is 6.61 Å². The van der Waals surface area contributed by atoms with Crippen LogP contribution in [0.15, 0.2) is 42.5 Å². The van der Waals surface area contributed by atoms with Crippen LogP contribution in [0.1, 0.15) is 26.3 Å². The molecule has 2 aromatic carbocycles. The van der Waals surface area contributed by atoms with Crippen LogP contribution in [-0.2, 0) is 16.1 Å². The largest absolute Gasteiger partial charge is 0.482 e. The third kappa shape index (κ3) is 7.38. The van der Waals surface area contributed by atoms with Gasteiger partial charge in [0, 0.05) is 23.1 Å². The number of nitrogens with one attached hydrogen (secondary N) is 1. The normalized spacial score (nSPS) is 11.8. The van der Waals surface area contributed by atoms with E-state index in [1.165, 1.54) is 11.0 Å². The first-order valence-corrected chi connectivity index (χ1v) is 10.7. The molecule has 0 heterocycles. The standard InChI is InChI=1S/C22H25Cl3N2O3/c1-14(2)11-26-22(29)15(3)27(12-16-5-4-6-17(23)9-16)21(28)13-30-20-8-7-18(24)10-19(20)25/h4-10,14-15H,11-13H2,1-3H3,(H,26,29). The van der Waals surface area contributed by atoms with E-state index in [4.69, 9.17) is 39.5 Å². The molecule has 0 radical (unpaired) electrons. The zero-order valence-corrected chi connectivity index (χ0v) is 19.4. The quantitative estimate of drug-likeness (QED) is 0.546. The molecule has 0 aliphatic heterocycles. The van der Waals surface area contributed by atoms with Gasteiger partial charge in [0.25, 0.3) is 5.91 Å². The molecule has 162 valence electrons. The van der Waals surface area contributed by atoms with Gasteiger partial charge in [-0.3, -0.25) is 9.59 Å². The second-order valence-electron chi connectivity index (χ2n) is 7.33.